The number of carboxylic acid groups (broad SMARTS) is 1. The molecule has 4 nitrogen and oxygen atoms in total. The van der Waals surface area contributed by atoms with E-state index in [1.54, 1.807) is 0 Å². The topological polar surface area (TPSA) is 66.4 Å². The molecular weight excluding hydrogens is 266 g/mol. The molecule has 4 heteroatoms. The molecule has 3 rings (SSSR count). The molecule has 2 bridgehead atoms. The van der Waals surface area contributed by atoms with Crippen molar-refractivity contribution in [1.82, 2.24) is 0 Å². The summed E-state index contributed by atoms with van der Waals surface area (Å²) in [5.74, 6) is -2.01. The minimum atomic E-state index is -0.865. The van der Waals surface area contributed by atoms with Crippen LogP contribution in [0.1, 0.15) is 18.9 Å². The Hall–Kier alpha value is -2.10. The van der Waals surface area contributed by atoms with Crippen LogP contribution in [0, 0.1) is 23.7 Å². The fourth-order valence-electron chi connectivity index (χ4n) is 3.68. The molecule has 0 aliphatic heterocycles. The number of hydrogen-bond donors (Lipinski definition) is 2. The maximum absolute atomic E-state index is 12.6. The molecule has 0 saturated heterocycles. The molecule has 1 saturated carbocycles. The summed E-state index contributed by atoms with van der Waals surface area (Å²) in [5.41, 5.74) is 1.86. The molecule has 21 heavy (non-hydrogen) atoms. The SMILES string of the molecule is CCc1ccccc1NC(=O)[C@H]1C2C=CC(C2)[C@H]1C(=O)O. The number of para-hydroxylation sites is 1. The Bertz CT molecular complexity index is 608. The van der Waals surface area contributed by atoms with E-state index in [9.17, 15) is 14.7 Å². The van der Waals surface area contributed by atoms with Crippen LogP contribution in [-0.2, 0) is 16.0 Å². The molecule has 0 radical (unpaired) electrons. The van der Waals surface area contributed by atoms with Crippen LogP contribution in [0.4, 0.5) is 5.69 Å². The number of hydrogen-bond acceptors (Lipinski definition) is 2. The molecular formula is C17H19NO3. The van der Waals surface area contributed by atoms with E-state index in [0.29, 0.717) is 0 Å². The summed E-state index contributed by atoms with van der Waals surface area (Å²) >= 11 is 0. The van der Waals surface area contributed by atoms with E-state index in [1.165, 1.54) is 0 Å². The van der Waals surface area contributed by atoms with E-state index in [0.717, 1.165) is 24.1 Å². The summed E-state index contributed by atoms with van der Waals surface area (Å²) in [6.07, 6.45) is 5.56. The smallest absolute Gasteiger partial charge is 0.307 e. The van der Waals surface area contributed by atoms with Gasteiger partial charge in [-0.15, -0.1) is 0 Å². The summed E-state index contributed by atoms with van der Waals surface area (Å²) in [7, 11) is 0. The Kier molecular flexibility index (Phi) is 3.53. The van der Waals surface area contributed by atoms with Gasteiger partial charge in [0.15, 0.2) is 0 Å². The molecule has 0 spiro atoms. The van der Waals surface area contributed by atoms with Crippen molar-refractivity contribution in [2.75, 3.05) is 5.32 Å². The predicted molar refractivity (Wildman–Crippen MR) is 79.8 cm³/mol. The minimum Gasteiger partial charge on any atom is -0.481 e. The molecule has 0 aromatic heterocycles. The van der Waals surface area contributed by atoms with Crippen molar-refractivity contribution in [3.63, 3.8) is 0 Å². The summed E-state index contributed by atoms with van der Waals surface area (Å²) in [5, 5.41) is 12.3. The summed E-state index contributed by atoms with van der Waals surface area (Å²) in [6, 6.07) is 7.67. The first-order valence-electron chi connectivity index (χ1n) is 7.41. The monoisotopic (exact) mass is 285 g/mol. The predicted octanol–water partition coefficient (Wildman–Crippen LogP) is 2.71. The van der Waals surface area contributed by atoms with E-state index in [-0.39, 0.29) is 17.7 Å². The lowest BCUT2D eigenvalue weighted by molar-refractivity contribution is -0.146. The lowest BCUT2D eigenvalue weighted by Gasteiger charge is -2.24. The first-order chi connectivity index (χ1) is 10.1. The molecule has 110 valence electrons. The maximum atomic E-state index is 12.6. The normalized spacial score (nSPS) is 29.6. The first kappa shape index (κ1) is 13.9. The minimum absolute atomic E-state index is 0.00432. The summed E-state index contributed by atoms with van der Waals surface area (Å²) < 4.78 is 0. The number of carboxylic acids is 1. The number of aryl methyl sites for hydroxylation is 1. The van der Waals surface area contributed by atoms with Crippen molar-refractivity contribution in [2.45, 2.75) is 19.8 Å². The zero-order valence-corrected chi connectivity index (χ0v) is 12.0. The van der Waals surface area contributed by atoms with Crippen molar-refractivity contribution >= 4 is 17.6 Å². The van der Waals surface area contributed by atoms with Crippen LogP contribution in [0.5, 0.6) is 0 Å². The largest absolute Gasteiger partial charge is 0.481 e. The number of rotatable bonds is 4. The van der Waals surface area contributed by atoms with Gasteiger partial charge in [-0.25, -0.2) is 0 Å². The molecule has 4 atom stereocenters. The average Bonchev–Trinajstić information content (AvgIpc) is 3.08. The van der Waals surface area contributed by atoms with Gasteiger partial charge in [-0.05, 0) is 36.3 Å². The van der Waals surface area contributed by atoms with Crippen molar-refractivity contribution in [1.29, 1.82) is 0 Å². The fraction of sp³-hybridized carbons (Fsp3) is 0.412. The average molecular weight is 285 g/mol. The van der Waals surface area contributed by atoms with Gasteiger partial charge in [0.2, 0.25) is 5.91 Å². The van der Waals surface area contributed by atoms with Gasteiger partial charge in [0.1, 0.15) is 0 Å². The zero-order chi connectivity index (χ0) is 15.0. The fourth-order valence-corrected chi connectivity index (χ4v) is 3.68. The van der Waals surface area contributed by atoms with Gasteiger partial charge in [-0.3, -0.25) is 9.59 Å². The van der Waals surface area contributed by atoms with Gasteiger partial charge >= 0.3 is 5.97 Å². The lowest BCUT2D eigenvalue weighted by Crippen LogP contribution is -2.36. The van der Waals surface area contributed by atoms with E-state index >= 15 is 0 Å². The standard InChI is InChI=1S/C17H19NO3/c1-2-10-5-3-4-6-13(10)18-16(19)14-11-7-8-12(9-11)15(14)17(20)21/h3-8,11-12,14-15H,2,9H2,1H3,(H,18,19)(H,20,21)/t11?,12?,14-,15+/m0/s1. The summed E-state index contributed by atoms with van der Waals surface area (Å²) in [4.78, 5) is 24.0. The van der Waals surface area contributed by atoms with E-state index in [2.05, 4.69) is 5.32 Å². The maximum Gasteiger partial charge on any atom is 0.307 e. The second-order valence-corrected chi connectivity index (χ2v) is 5.84. The number of aliphatic carboxylic acids is 1. The van der Waals surface area contributed by atoms with Crippen LogP contribution in [-0.4, -0.2) is 17.0 Å². The van der Waals surface area contributed by atoms with Crippen molar-refractivity contribution in [2.24, 2.45) is 23.7 Å². The van der Waals surface area contributed by atoms with Crippen molar-refractivity contribution in [3.05, 3.63) is 42.0 Å². The van der Waals surface area contributed by atoms with Gasteiger partial charge in [0.05, 0.1) is 11.8 Å². The number of carbonyl (C=O) groups excluding carboxylic acids is 1. The van der Waals surface area contributed by atoms with Crippen LogP contribution >= 0.6 is 0 Å². The van der Waals surface area contributed by atoms with Crippen LogP contribution < -0.4 is 5.32 Å². The molecule has 0 heterocycles. The van der Waals surface area contributed by atoms with Gasteiger partial charge < -0.3 is 10.4 Å². The van der Waals surface area contributed by atoms with Crippen molar-refractivity contribution in [3.8, 4) is 0 Å². The number of carbonyl (C=O) groups is 2. The number of benzene rings is 1. The molecule has 2 unspecified atom stereocenters. The highest BCUT2D eigenvalue weighted by Crippen LogP contribution is 2.48. The Morgan fingerprint density at radius 1 is 1.19 bits per heavy atom. The van der Waals surface area contributed by atoms with E-state index in [1.807, 2.05) is 43.3 Å². The number of amides is 1. The Morgan fingerprint density at radius 3 is 2.52 bits per heavy atom. The Balaban J connectivity index is 1.82. The van der Waals surface area contributed by atoms with Crippen LogP contribution in [0.25, 0.3) is 0 Å². The molecule has 1 aromatic carbocycles. The number of anilines is 1. The molecule has 2 aliphatic carbocycles. The number of allylic oxidation sites excluding steroid dienone is 2. The third-order valence-corrected chi connectivity index (χ3v) is 4.70. The Labute approximate surface area is 123 Å². The van der Waals surface area contributed by atoms with Gasteiger partial charge in [-0.1, -0.05) is 37.3 Å². The van der Waals surface area contributed by atoms with Crippen LogP contribution in [0.15, 0.2) is 36.4 Å². The lowest BCUT2D eigenvalue weighted by atomic mass is 9.82. The highest BCUT2D eigenvalue weighted by molar-refractivity contribution is 5.96. The van der Waals surface area contributed by atoms with E-state index < -0.39 is 17.8 Å². The number of fused-ring (bicyclic) bond motifs is 2. The third kappa shape index (κ3) is 2.35. The highest BCUT2D eigenvalue weighted by Gasteiger charge is 2.51. The number of nitrogens with one attached hydrogen (secondary N) is 1. The molecule has 2 aliphatic rings. The molecule has 2 N–H and O–H groups in total. The second kappa shape index (κ2) is 5.35. The molecule has 1 amide bonds. The highest BCUT2D eigenvalue weighted by atomic mass is 16.4. The zero-order valence-electron chi connectivity index (χ0n) is 12.0. The third-order valence-electron chi connectivity index (χ3n) is 4.70. The van der Waals surface area contributed by atoms with Gasteiger partial charge in [-0.2, -0.15) is 0 Å². The van der Waals surface area contributed by atoms with E-state index in [4.69, 9.17) is 0 Å². The first-order valence-corrected chi connectivity index (χ1v) is 7.41. The molecule has 1 aromatic rings. The molecule has 1 fully saturated rings. The summed E-state index contributed by atoms with van der Waals surface area (Å²) in [6.45, 7) is 2.03. The Morgan fingerprint density at radius 2 is 1.86 bits per heavy atom. The quantitative estimate of drug-likeness (QED) is 0.836. The van der Waals surface area contributed by atoms with Gasteiger partial charge in [0, 0.05) is 5.69 Å². The second-order valence-electron chi connectivity index (χ2n) is 5.84. The van der Waals surface area contributed by atoms with Crippen LogP contribution in [0.3, 0.4) is 0 Å². The van der Waals surface area contributed by atoms with Crippen molar-refractivity contribution < 1.29 is 14.7 Å². The van der Waals surface area contributed by atoms with Gasteiger partial charge in [0.25, 0.3) is 0 Å². The van der Waals surface area contributed by atoms with Crippen LogP contribution in [0.2, 0.25) is 0 Å².